The van der Waals surface area contributed by atoms with Gasteiger partial charge in [-0.2, -0.15) is 0 Å². The van der Waals surface area contributed by atoms with Crippen LogP contribution in [0.5, 0.6) is 5.75 Å². The SMILES string of the molecule is COc1cccc(CN(CC(C)C)C(=O)NCC(C)(C)C(=O)O)c1. The molecule has 0 unspecified atom stereocenters. The molecule has 24 heavy (non-hydrogen) atoms. The van der Waals surface area contributed by atoms with E-state index in [-0.39, 0.29) is 12.6 Å². The van der Waals surface area contributed by atoms with Crippen molar-refractivity contribution >= 4 is 12.0 Å². The molecule has 0 aliphatic rings. The van der Waals surface area contributed by atoms with Crippen LogP contribution in [-0.2, 0) is 11.3 Å². The summed E-state index contributed by atoms with van der Waals surface area (Å²) in [6, 6.07) is 7.30. The van der Waals surface area contributed by atoms with Crippen molar-refractivity contribution in [1.82, 2.24) is 10.2 Å². The smallest absolute Gasteiger partial charge is 0.317 e. The van der Waals surface area contributed by atoms with Crippen molar-refractivity contribution < 1.29 is 19.4 Å². The lowest BCUT2D eigenvalue weighted by Gasteiger charge is -2.27. The topological polar surface area (TPSA) is 78.9 Å². The van der Waals surface area contributed by atoms with Gasteiger partial charge in [0.1, 0.15) is 5.75 Å². The van der Waals surface area contributed by atoms with E-state index in [1.807, 2.05) is 38.1 Å². The second-order valence-electron chi connectivity index (χ2n) is 6.97. The summed E-state index contributed by atoms with van der Waals surface area (Å²) in [6.45, 7) is 8.34. The van der Waals surface area contributed by atoms with Gasteiger partial charge in [-0.3, -0.25) is 4.79 Å². The van der Waals surface area contributed by atoms with Crippen molar-refractivity contribution in [3.8, 4) is 5.75 Å². The van der Waals surface area contributed by atoms with E-state index in [0.717, 1.165) is 11.3 Å². The summed E-state index contributed by atoms with van der Waals surface area (Å²) >= 11 is 0. The number of carbonyl (C=O) groups excluding carboxylic acids is 1. The van der Waals surface area contributed by atoms with Crippen LogP contribution in [0.2, 0.25) is 0 Å². The Morgan fingerprint density at radius 3 is 2.54 bits per heavy atom. The van der Waals surface area contributed by atoms with Crippen LogP contribution in [-0.4, -0.2) is 42.2 Å². The van der Waals surface area contributed by atoms with Gasteiger partial charge in [0.05, 0.1) is 12.5 Å². The molecular formula is C18H28N2O4. The number of nitrogens with one attached hydrogen (secondary N) is 1. The predicted molar refractivity (Wildman–Crippen MR) is 93.1 cm³/mol. The third-order valence-electron chi connectivity index (χ3n) is 3.64. The summed E-state index contributed by atoms with van der Waals surface area (Å²) in [5, 5.41) is 11.9. The Hall–Kier alpha value is -2.24. The van der Waals surface area contributed by atoms with Gasteiger partial charge in [-0.05, 0) is 37.5 Å². The predicted octanol–water partition coefficient (Wildman–Crippen LogP) is 2.97. The van der Waals surface area contributed by atoms with E-state index in [4.69, 9.17) is 9.84 Å². The summed E-state index contributed by atoms with van der Waals surface area (Å²) < 4.78 is 5.21. The van der Waals surface area contributed by atoms with Gasteiger partial charge in [-0.15, -0.1) is 0 Å². The third-order valence-corrected chi connectivity index (χ3v) is 3.64. The Labute approximate surface area is 143 Å². The lowest BCUT2D eigenvalue weighted by Crippen LogP contribution is -2.46. The van der Waals surface area contributed by atoms with Crippen LogP contribution in [0.15, 0.2) is 24.3 Å². The third kappa shape index (κ3) is 6.10. The van der Waals surface area contributed by atoms with Gasteiger partial charge in [0.25, 0.3) is 0 Å². The van der Waals surface area contributed by atoms with Crippen LogP contribution in [0.1, 0.15) is 33.3 Å². The average Bonchev–Trinajstić information content (AvgIpc) is 2.51. The zero-order chi connectivity index (χ0) is 18.3. The molecule has 0 aliphatic heterocycles. The van der Waals surface area contributed by atoms with Crippen LogP contribution in [0.3, 0.4) is 0 Å². The highest BCUT2D eigenvalue weighted by atomic mass is 16.5. The van der Waals surface area contributed by atoms with Crippen LogP contribution >= 0.6 is 0 Å². The number of carboxylic acids is 1. The number of nitrogens with zero attached hydrogens (tertiary/aromatic N) is 1. The first kappa shape index (κ1) is 19.8. The standard InChI is InChI=1S/C18H28N2O4/c1-13(2)10-20(11-14-7-6-8-15(9-14)24-5)17(23)19-12-18(3,4)16(21)22/h6-9,13H,10-12H2,1-5H3,(H,19,23)(H,21,22). The number of benzene rings is 1. The Bertz CT molecular complexity index is 570. The van der Waals surface area contributed by atoms with E-state index in [2.05, 4.69) is 5.32 Å². The minimum Gasteiger partial charge on any atom is -0.497 e. The fraction of sp³-hybridized carbons (Fsp3) is 0.556. The maximum atomic E-state index is 12.5. The summed E-state index contributed by atoms with van der Waals surface area (Å²) in [5.41, 5.74) is -0.0441. The van der Waals surface area contributed by atoms with Gasteiger partial charge in [0.15, 0.2) is 0 Å². The molecule has 0 aromatic heterocycles. The summed E-state index contributed by atoms with van der Waals surface area (Å²) in [6.07, 6.45) is 0. The normalized spacial score (nSPS) is 11.2. The Balaban J connectivity index is 2.80. The highest BCUT2D eigenvalue weighted by molar-refractivity contribution is 5.77. The highest BCUT2D eigenvalue weighted by Crippen LogP contribution is 2.16. The number of carboxylic acid groups (broad SMARTS) is 1. The van der Waals surface area contributed by atoms with Crippen molar-refractivity contribution in [3.63, 3.8) is 0 Å². The van der Waals surface area contributed by atoms with Gasteiger partial charge >= 0.3 is 12.0 Å². The first-order chi connectivity index (χ1) is 11.2. The first-order valence-electron chi connectivity index (χ1n) is 8.05. The molecular weight excluding hydrogens is 308 g/mol. The lowest BCUT2D eigenvalue weighted by molar-refractivity contribution is -0.146. The Morgan fingerprint density at radius 1 is 1.33 bits per heavy atom. The summed E-state index contributed by atoms with van der Waals surface area (Å²) in [4.78, 5) is 25.4. The molecule has 6 heteroatoms. The fourth-order valence-electron chi connectivity index (χ4n) is 2.14. The molecule has 0 bridgehead atoms. The number of carbonyl (C=O) groups is 2. The molecule has 6 nitrogen and oxygen atoms in total. The number of rotatable bonds is 8. The number of ether oxygens (including phenoxy) is 1. The molecule has 0 saturated heterocycles. The molecule has 0 radical (unpaired) electrons. The number of amides is 2. The number of hydrogen-bond donors (Lipinski definition) is 2. The van der Waals surface area contributed by atoms with Crippen LogP contribution in [0.4, 0.5) is 4.79 Å². The van der Waals surface area contributed by atoms with Gasteiger partial charge in [0.2, 0.25) is 0 Å². The molecule has 0 fully saturated rings. The van der Waals surface area contributed by atoms with Gasteiger partial charge in [-0.25, -0.2) is 4.79 Å². The minimum absolute atomic E-state index is 0.0773. The zero-order valence-electron chi connectivity index (χ0n) is 15.1. The molecule has 1 rings (SSSR count). The van der Waals surface area contributed by atoms with E-state index in [1.165, 1.54) is 0 Å². The van der Waals surface area contributed by atoms with E-state index in [9.17, 15) is 9.59 Å². The molecule has 0 spiro atoms. The highest BCUT2D eigenvalue weighted by Gasteiger charge is 2.28. The van der Waals surface area contributed by atoms with Crippen molar-refractivity contribution in [2.24, 2.45) is 11.3 Å². The van der Waals surface area contributed by atoms with Crippen molar-refractivity contribution in [1.29, 1.82) is 0 Å². The largest absolute Gasteiger partial charge is 0.497 e. The van der Waals surface area contributed by atoms with Gasteiger partial charge < -0.3 is 20.1 Å². The van der Waals surface area contributed by atoms with E-state index >= 15 is 0 Å². The van der Waals surface area contributed by atoms with E-state index < -0.39 is 11.4 Å². The molecule has 0 heterocycles. The molecule has 0 atom stereocenters. The number of aliphatic carboxylic acids is 1. The first-order valence-corrected chi connectivity index (χ1v) is 8.05. The second-order valence-corrected chi connectivity index (χ2v) is 6.97. The molecule has 0 saturated carbocycles. The van der Waals surface area contributed by atoms with Gasteiger partial charge in [0, 0.05) is 19.6 Å². The molecule has 0 aliphatic carbocycles. The average molecular weight is 336 g/mol. The van der Waals surface area contributed by atoms with Crippen molar-refractivity contribution in [2.75, 3.05) is 20.2 Å². The van der Waals surface area contributed by atoms with Crippen molar-refractivity contribution in [2.45, 2.75) is 34.2 Å². The zero-order valence-corrected chi connectivity index (χ0v) is 15.1. The van der Waals surface area contributed by atoms with E-state index in [1.54, 1.807) is 25.9 Å². The number of urea groups is 1. The van der Waals surface area contributed by atoms with E-state index in [0.29, 0.717) is 19.0 Å². The quantitative estimate of drug-likeness (QED) is 0.765. The molecule has 1 aromatic rings. The maximum absolute atomic E-state index is 12.5. The fourth-order valence-corrected chi connectivity index (χ4v) is 2.14. The number of hydrogen-bond acceptors (Lipinski definition) is 3. The molecule has 1 aromatic carbocycles. The summed E-state index contributed by atoms with van der Waals surface area (Å²) in [5.74, 6) is 0.101. The lowest BCUT2D eigenvalue weighted by atomic mass is 9.94. The second kappa shape index (κ2) is 8.57. The number of methoxy groups -OCH3 is 1. The monoisotopic (exact) mass is 336 g/mol. The van der Waals surface area contributed by atoms with Gasteiger partial charge in [-0.1, -0.05) is 26.0 Å². The molecule has 134 valence electrons. The Kier molecular flexibility index (Phi) is 7.07. The summed E-state index contributed by atoms with van der Waals surface area (Å²) in [7, 11) is 1.60. The molecule has 2 N–H and O–H groups in total. The Morgan fingerprint density at radius 2 is 2.00 bits per heavy atom. The van der Waals surface area contributed by atoms with Crippen LogP contribution < -0.4 is 10.1 Å². The van der Waals surface area contributed by atoms with Crippen molar-refractivity contribution in [3.05, 3.63) is 29.8 Å². The minimum atomic E-state index is -1.00. The maximum Gasteiger partial charge on any atom is 0.317 e. The van der Waals surface area contributed by atoms with Crippen LogP contribution in [0, 0.1) is 11.3 Å². The molecule has 2 amide bonds. The van der Waals surface area contributed by atoms with Crippen LogP contribution in [0.25, 0.3) is 0 Å².